The Kier molecular flexibility index (Phi) is 6.74. The van der Waals surface area contributed by atoms with Crippen molar-refractivity contribution in [2.24, 2.45) is 0 Å². The minimum Gasteiger partial charge on any atom is -0.478 e. The van der Waals surface area contributed by atoms with Gasteiger partial charge in [-0.3, -0.25) is 0 Å². The van der Waals surface area contributed by atoms with Gasteiger partial charge in [-0.1, -0.05) is 12.1 Å². The number of halogens is 1. The second-order valence-corrected chi connectivity index (χ2v) is 7.74. The molecule has 0 radical (unpaired) electrons. The molecular formula is C20H24FNO3S. The standard InChI is InChI=1S/C20H24FNO3S/c21-16-9-7-15(8-10-16)4-3-13-26-19-18(20(23)24)6-1-11-22(19)14-17-5-2-12-25-17/h1,6-11,17,19H,2-5,12-14H2,(H,23,24). The van der Waals surface area contributed by atoms with Crippen LogP contribution in [0.15, 0.2) is 48.2 Å². The van der Waals surface area contributed by atoms with E-state index in [1.165, 1.54) is 12.1 Å². The number of carboxylic acid groups (broad SMARTS) is 1. The first kappa shape index (κ1) is 19.0. The summed E-state index contributed by atoms with van der Waals surface area (Å²) in [5.41, 5.74) is 1.51. The van der Waals surface area contributed by atoms with E-state index in [-0.39, 0.29) is 17.3 Å². The average Bonchev–Trinajstić information content (AvgIpc) is 3.14. The highest BCUT2D eigenvalue weighted by Gasteiger charge is 2.29. The van der Waals surface area contributed by atoms with Crippen LogP contribution in [0.4, 0.5) is 4.39 Å². The lowest BCUT2D eigenvalue weighted by Gasteiger charge is -2.34. The third kappa shape index (κ3) is 5.11. The molecule has 3 rings (SSSR count). The van der Waals surface area contributed by atoms with Crippen molar-refractivity contribution in [3.8, 4) is 0 Å². The van der Waals surface area contributed by atoms with Gasteiger partial charge in [0.05, 0.1) is 11.7 Å². The van der Waals surface area contributed by atoms with E-state index in [1.807, 2.05) is 6.20 Å². The van der Waals surface area contributed by atoms with E-state index in [9.17, 15) is 14.3 Å². The summed E-state index contributed by atoms with van der Waals surface area (Å²) in [6.45, 7) is 1.51. The fourth-order valence-electron chi connectivity index (χ4n) is 3.26. The van der Waals surface area contributed by atoms with E-state index < -0.39 is 5.97 Å². The zero-order chi connectivity index (χ0) is 18.4. The number of aryl methyl sites for hydroxylation is 1. The van der Waals surface area contributed by atoms with Gasteiger partial charge in [0.15, 0.2) is 0 Å². The Balaban J connectivity index is 1.55. The average molecular weight is 377 g/mol. The molecule has 0 saturated carbocycles. The Morgan fingerprint density at radius 3 is 2.85 bits per heavy atom. The Morgan fingerprint density at radius 2 is 2.15 bits per heavy atom. The lowest BCUT2D eigenvalue weighted by atomic mass is 10.1. The molecule has 0 aliphatic carbocycles. The first-order valence-corrected chi connectivity index (χ1v) is 10.0. The molecule has 1 aromatic rings. The monoisotopic (exact) mass is 377 g/mol. The quantitative estimate of drug-likeness (QED) is 0.698. The van der Waals surface area contributed by atoms with E-state index in [1.54, 1.807) is 36.0 Å². The molecule has 1 aromatic carbocycles. The molecule has 1 saturated heterocycles. The van der Waals surface area contributed by atoms with Crippen LogP contribution in [0, 0.1) is 5.82 Å². The van der Waals surface area contributed by atoms with Crippen LogP contribution in [-0.4, -0.2) is 46.4 Å². The number of benzene rings is 1. The van der Waals surface area contributed by atoms with Gasteiger partial charge in [-0.25, -0.2) is 9.18 Å². The fourth-order valence-corrected chi connectivity index (χ4v) is 4.50. The number of hydrogen-bond acceptors (Lipinski definition) is 4. The fraction of sp³-hybridized carbons (Fsp3) is 0.450. The lowest BCUT2D eigenvalue weighted by Crippen LogP contribution is -2.39. The topological polar surface area (TPSA) is 49.8 Å². The molecule has 4 nitrogen and oxygen atoms in total. The van der Waals surface area contributed by atoms with Crippen LogP contribution >= 0.6 is 11.8 Å². The van der Waals surface area contributed by atoms with Crippen LogP contribution in [0.3, 0.4) is 0 Å². The number of nitrogens with zero attached hydrogens (tertiary/aromatic N) is 1. The van der Waals surface area contributed by atoms with E-state index >= 15 is 0 Å². The maximum absolute atomic E-state index is 13.0. The van der Waals surface area contributed by atoms with Crippen molar-refractivity contribution in [3.63, 3.8) is 0 Å². The third-order valence-corrected chi connectivity index (χ3v) is 5.97. The molecule has 1 N–H and O–H groups in total. The van der Waals surface area contributed by atoms with Gasteiger partial charge < -0.3 is 14.7 Å². The first-order chi connectivity index (χ1) is 12.6. The smallest absolute Gasteiger partial charge is 0.334 e. The molecule has 0 spiro atoms. The molecule has 2 aliphatic heterocycles. The molecule has 2 heterocycles. The summed E-state index contributed by atoms with van der Waals surface area (Å²) in [6, 6.07) is 6.55. The van der Waals surface area contributed by atoms with Gasteiger partial charge in [0, 0.05) is 19.4 Å². The normalized spacial score (nSPS) is 22.5. The Labute approximate surface area is 157 Å². The van der Waals surface area contributed by atoms with Crippen LogP contribution < -0.4 is 0 Å². The molecule has 2 atom stereocenters. The molecule has 0 amide bonds. The minimum absolute atomic E-state index is 0.176. The van der Waals surface area contributed by atoms with Crippen molar-refractivity contribution in [1.82, 2.24) is 4.90 Å². The summed E-state index contributed by atoms with van der Waals surface area (Å²) in [5, 5.41) is 9.34. The molecule has 6 heteroatoms. The summed E-state index contributed by atoms with van der Waals surface area (Å²) in [6.07, 6.45) is 9.49. The minimum atomic E-state index is -0.872. The number of thioether (sulfide) groups is 1. The number of ether oxygens (including phenoxy) is 1. The highest BCUT2D eigenvalue weighted by atomic mass is 32.2. The summed E-state index contributed by atoms with van der Waals surface area (Å²) >= 11 is 1.64. The molecule has 2 aliphatic rings. The number of hydrogen-bond donors (Lipinski definition) is 1. The molecule has 26 heavy (non-hydrogen) atoms. The van der Waals surface area contributed by atoms with Gasteiger partial charge >= 0.3 is 5.97 Å². The number of aliphatic carboxylic acids is 1. The van der Waals surface area contributed by atoms with Crippen molar-refractivity contribution >= 4 is 17.7 Å². The zero-order valence-electron chi connectivity index (χ0n) is 14.6. The largest absolute Gasteiger partial charge is 0.478 e. The first-order valence-electron chi connectivity index (χ1n) is 8.98. The maximum atomic E-state index is 13.0. The van der Waals surface area contributed by atoms with E-state index in [0.29, 0.717) is 5.57 Å². The summed E-state index contributed by atoms with van der Waals surface area (Å²) in [5.74, 6) is -0.261. The predicted molar refractivity (Wildman–Crippen MR) is 102 cm³/mol. The van der Waals surface area contributed by atoms with Crippen molar-refractivity contribution in [2.75, 3.05) is 18.9 Å². The Bertz CT molecular complexity index is 668. The summed E-state index contributed by atoms with van der Waals surface area (Å²) in [4.78, 5) is 13.7. The molecule has 1 fully saturated rings. The van der Waals surface area contributed by atoms with Crippen LogP contribution in [0.1, 0.15) is 24.8 Å². The molecule has 0 aromatic heterocycles. The molecular weight excluding hydrogens is 353 g/mol. The Hall–Kier alpha value is -1.79. The van der Waals surface area contributed by atoms with Gasteiger partial charge in [0.1, 0.15) is 11.2 Å². The van der Waals surface area contributed by atoms with Crippen LogP contribution in [0.5, 0.6) is 0 Å². The Morgan fingerprint density at radius 1 is 1.35 bits per heavy atom. The van der Waals surface area contributed by atoms with Gasteiger partial charge in [-0.2, -0.15) is 0 Å². The third-order valence-electron chi connectivity index (χ3n) is 4.60. The van der Waals surface area contributed by atoms with Gasteiger partial charge in [0.2, 0.25) is 0 Å². The summed E-state index contributed by atoms with van der Waals surface area (Å²) < 4.78 is 18.7. The number of rotatable bonds is 8. The highest BCUT2D eigenvalue weighted by molar-refractivity contribution is 8.00. The van der Waals surface area contributed by atoms with Gasteiger partial charge in [0.25, 0.3) is 0 Å². The second-order valence-electron chi connectivity index (χ2n) is 6.55. The molecule has 2 unspecified atom stereocenters. The summed E-state index contributed by atoms with van der Waals surface area (Å²) in [7, 11) is 0. The number of carboxylic acids is 1. The second kappa shape index (κ2) is 9.24. The van der Waals surface area contributed by atoms with E-state index in [2.05, 4.69) is 4.90 Å². The number of carbonyl (C=O) groups is 1. The molecule has 0 bridgehead atoms. The highest BCUT2D eigenvalue weighted by Crippen LogP contribution is 2.29. The predicted octanol–water partition coefficient (Wildman–Crippen LogP) is 3.84. The van der Waals surface area contributed by atoms with Gasteiger partial charge in [-0.15, -0.1) is 11.8 Å². The van der Waals surface area contributed by atoms with Crippen molar-refractivity contribution in [3.05, 3.63) is 59.6 Å². The van der Waals surface area contributed by atoms with E-state index in [4.69, 9.17) is 4.74 Å². The maximum Gasteiger partial charge on any atom is 0.334 e. The van der Waals surface area contributed by atoms with Crippen molar-refractivity contribution < 1.29 is 19.0 Å². The van der Waals surface area contributed by atoms with Crippen molar-refractivity contribution in [1.29, 1.82) is 0 Å². The van der Waals surface area contributed by atoms with Crippen LogP contribution in [0.2, 0.25) is 0 Å². The van der Waals surface area contributed by atoms with E-state index in [0.717, 1.165) is 50.2 Å². The number of allylic oxidation sites excluding steroid dienone is 2. The van der Waals surface area contributed by atoms with Crippen LogP contribution in [-0.2, 0) is 16.0 Å². The molecule has 140 valence electrons. The lowest BCUT2D eigenvalue weighted by molar-refractivity contribution is -0.133. The van der Waals surface area contributed by atoms with Crippen LogP contribution in [0.25, 0.3) is 0 Å². The zero-order valence-corrected chi connectivity index (χ0v) is 15.5. The van der Waals surface area contributed by atoms with Gasteiger partial charge in [-0.05, 0) is 61.3 Å². The SMILES string of the molecule is O=C(O)C1=CC=CN(CC2CCCO2)C1SCCCc1ccc(F)cc1. The van der Waals surface area contributed by atoms with Crippen molar-refractivity contribution in [2.45, 2.75) is 37.2 Å².